The molecule has 2 aliphatic rings. The van der Waals surface area contributed by atoms with Gasteiger partial charge in [-0.1, -0.05) is 42.5 Å². The molecule has 2 heterocycles. The van der Waals surface area contributed by atoms with Crippen molar-refractivity contribution in [3.05, 3.63) is 119 Å². The molecule has 0 saturated carbocycles. The number of aliphatic hydroxyl groups is 1. The van der Waals surface area contributed by atoms with Crippen molar-refractivity contribution in [2.75, 3.05) is 69.1 Å². The predicted octanol–water partition coefficient (Wildman–Crippen LogP) is 8.02. The average Bonchev–Trinajstić information content (AvgIpc) is 3.88. The van der Waals surface area contributed by atoms with Gasteiger partial charge in [0, 0.05) is 24.0 Å². The molecular formula is C47H58O11. The van der Waals surface area contributed by atoms with Crippen molar-refractivity contribution in [3.8, 4) is 34.5 Å². The topological polar surface area (TPSA) is 120 Å². The maximum atomic E-state index is 12.3. The Morgan fingerprint density at radius 2 is 1.05 bits per heavy atom. The number of hydrogen-bond donors (Lipinski definition) is 1. The summed E-state index contributed by atoms with van der Waals surface area (Å²) >= 11 is 0. The van der Waals surface area contributed by atoms with E-state index in [0.717, 1.165) is 52.3 Å². The number of methoxy groups -OCH3 is 6. The van der Waals surface area contributed by atoms with E-state index < -0.39 is 0 Å². The first kappa shape index (κ1) is 43.9. The van der Waals surface area contributed by atoms with Crippen molar-refractivity contribution >= 4 is 5.97 Å². The smallest absolute Gasteiger partial charge is 0.333 e. The monoisotopic (exact) mass is 798 g/mol. The van der Waals surface area contributed by atoms with Crippen molar-refractivity contribution in [2.24, 2.45) is 23.7 Å². The molecule has 6 rings (SSSR count). The molecule has 11 nitrogen and oxygen atoms in total. The molecule has 4 aromatic carbocycles. The molecule has 58 heavy (non-hydrogen) atoms. The summed E-state index contributed by atoms with van der Waals surface area (Å²) in [7, 11) is 9.81. The van der Waals surface area contributed by atoms with Crippen molar-refractivity contribution in [1.29, 1.82) is 0 Å². The van der Waals surface area contributed by atoms with Gasteiger partial charge >= 0.3 is 5.97 Å². The van der Waals surface area contributed by atoms with Gasteiger partial charge in [0.05, 0.1) is 74.7 Å². The lowest BCUT2D eigenvalue weighted by Gasteiger charge is -2.23. The number of aliphatic hydroxyl groups excluding tert-OH is 1. The Morgan fingerprint density at radius 3 is 1.45 bits per heavy atom. The fourth-order valence-electron chi connectivity index (χ4n) is 7.63. The fraction of sp³-hybridized carbons (Fsp3) is 0.426. The van der Waals surface area contributed by atoms with Crippen LogP contribution in [0.5, 0.6) is 34.5 Å². The molecular weight excluding hydrogens is 741 g/mol. The van der Waals surface area contributed by atoms with E-state index in [1.807, 2.05) is 91.9 Å². The van der Waals surface area contributed by atoms with Gasteiger partial charge < -0.3 is 47.7 Å². The number of esters is 1. The molecule has 0 amide bonds. The summed E-state index contributed by atoms with van der Waals surface area (Å²) in [6.45, 7) is 5.17. The molecule has 0 aromatic heterocycles. The van der Waals surface area contributed by atoms with Gasteiger partial charge in [0.1, 0.15) is 11.5 Å². The largest absolute Gasteiger partial charge is 0.497 e. The average molecular weight is 799 g/mol. The molecule has 0 bridgehead atoms. The minimum atomic E-state index is -0.294. The van der Waals surface area contributed by atoms with E-state index in [0.29, 0.717) is 42.6 Å². The van der Waals surface area contributed by atoms with E-state index in [4.69, 9.17) is 42.6 Å². The first-order valence-electron chi connectivity index (χ1n) is 19.5. The molecule has 2 fully saturated rings. The van der Waals surface area contributed by atoms with E-state index in [1.54, 1.807) is 55.7 Å². The molecule has 0 spiro atoms. The Morgan fingerprint density at radius 1 is 0.621 bits per heavy atom. The summed E-state index contributed by atoms with van der Waals surface area (Å²) in [5.74, 6) is 4.63. The van der Waals surface area contributed by atoms with Gasteiger partial charge in [0.25, 0.3) is 0 Å². The van der Waals surface area contributed by atoms with Crippen LogP contribution in [0.1, 0.15) is 48.3 Å². The minimum Gasteiger partial charge on any atom is -0.497 e. The summed E-state index contributed by atoms with van der Waals surface area (Å²) in [6.07, 6.45) is 3.09. The molecule has 6 atom stereocenters. The zero-order chi connectivity index (χ0) is 41.6. The van der Waals surface area contributed by atoms with Crippen molar-refractivity contribution in [3.63, 3.8) is 0 Å². The van der Waals surface area contributed by atoms with Gasteiger partial charge in [0.15, 0.2) is 23.0 Å². The maximum Gasteiger partial charge on any atom is 0.333 e. The van der Waals surface area contributed by atoms with Gasteiger partial charge in [-0.15, -0.1) is 0 Å². The first-order valence-corrected chi connectivity index (χ1v) is 19.5. The standard InChI is InChI=1S/C26H32O6.C21H26O5/c1-6-17(2)26(27)32-16-22-20(13-18-7-12-23(29-4)24(14-18)30-5)15-31-25(22)19-8-10-21(28-3)11-9-19;1-23-17-7-5-15(6-8-17)21-18(12-22)16(13-26-21)10-14-4-9-19(24-2)20(11-14)25-3/h6-12,14,20,22,25H,13,15-16H2,1-5H3;4-9,11,16,18,21-22H,10,12-13H2,1-3H3/b17-6-;/t20-,22-,25+;16-,18-,21+/m00/s1. The van der Waals surface area contributed by atoms with Crippen molar-refractivity contribution in [1.82, 2.24) is 0 Å². The Kier molecular flexibility index (Phi) is 16.3. The third kappa shape index (κ3) is 10.8. The number of rotatable bonds is 16. The lowest BCUT2D eigenvalue weighted by molar-refractivity contribution is -0.141. The number of hydrogen-bond acceptors (Lipinski definition) is 11. The van der Waals surface area contributed by atoms with Gasteiger partial charge in [0.2, 0.25) is 0 Å². The Hall–Kier alpha value is -5.23. The summed E-state index contributed by atoms with van der Waals surface area (Å²) in [5, 5.41) is 9.98. The second-order valence-electron chi connectivity index (χ2n) is 14.4. The molecule has 0 radical (unpaired) electrons. The molecule has 11 heteroatoms. The molecule has 4 aromatic rings. The van der Waals surface area contributed by atoms with Crippen LogP contribution in [-0.2, 0) is 31.8 Å². The molecule has 0 aliphatic carbocycles. The quantitative estimate of drug-likeness (QED) is 0.0877. The summed E-state index contributed by atoms with van der Waals surface area (Å²) in [4.78, 5) is 12.3. The molecule has 2 saturated heterocycles. The predicted molar refractivity (Wildman–Crippen MR) is 221 cm³/mol. The SMILES string of the molecule is C/C=C(/C)C(=O)OC[C@H]1[C@@H](Cc2ccc(OC)c(OC)c2)CO[C@@H]1c1ccc(OC)cc1.COc1ccc([C@H]2OC[C@H](Cc3ccc(OC)c(OC)c3)[C@@H]2CO)cc1. The van der Waals surface area contributed by atoms with Gasteiger partial charge in [-0.2, -0.15) is 0 Å². The molecule has 312 valence electrons. The number of carbonyl (C=O) groups is 1. The van der Waals surface area contributed by atoms with Crippen molar-refractivity contribution in [2.45, 2.75) is 38.9 Å². The first-order chi connectivity index (χ1) is 28.2. The van der Waals surface area contributed by atoms with Gasteiger partial charge in [-0.05, 0) is 109 Å². The number of ether oxygens (including phenoxy) is 9. The molecule has 2 aliphatic heterocycles. The Balaban J connectivity index is 0.000000226. The number of benzene rings is 4. The van der Waals surface area contributed by atoms with Crippen LogP contribution in [0.2, 0.25) is 0 Å². The van der Waals surface area contributed by atoms with E-state index >= 15 is 0 Å². The van der Waals surface area contributed by atoms with E-state index in [-0.39, 0.29) is 48.5 Å². The second-order valence-corrected chi connectivity index (χ2v) is 14.4. The lowest BCUT2D eigenvalue weighted by Crippen LogP contribution is -2.24. The third-order valence-corrected chi connectivity index (χ3v) is 11.1. The van der Waals surface area contributed by atoms with Crippen LogP contribution in [0.25, 0.3) is 0 Å². The zero-order valence-electron chi connectivity index (χ0n) is 34.9. The summed E-state index contributed by atoms with van der Waals surface area (Å²) in [6, 6.07) is 27.6. The van der Waals surface area contributed by atoms with Crippen LogP contribution >= 0.6 is 0 Å². The number of allylic oxidation sites excluding steroid dienone is 1. The van der Waals surface area contributed by atoms with Crippen molar-refractivity contribution < 1.29 is 52.5 Å². The minimum absolute atomic E-state index is 0.0186. The van der Waals surface area contributed by atoms with Crippen LogP contribution in [0.15, 0.2) is 96.6 Å². The van der Waals surface area contributed by atoms with E-state index in [9.17, 15) is 9.90 Å². The van der Waals surface area contributed by atoms with Gasteiger partial charge in [-0.3, -0.25) is 0 Å². The summed E-state index contributed by atoms with van der Waals surface area (Å²) < 4.78 is 49.9. The zero-order valence-corrected chi connectivity index (χ0v) is 34.9. The molecule has 1 N–H and O–H groups in total. The Labute approximate surface area is 342 Å². The highest BCUT2D eigenvalue weighted by atomic mass is 16.5. The van der Waals surface area contributed by atoms with E-state index in [1.165, 1.54) is 0 Å². The normalized spacial score (nSPS) is 21.4. The maximum absolute atomic E-state index is 12.3. The number of carbonyl (C=O) groups excluding carboxylic acids is 1. The van der Waals surface area contributed by atoms with Crippen LogP contribution in [0.4, 0.5) is 0 Å². The van der Waals surface area contributed by atoms with Crippen LogP contribution < -0.4 is 28.4 Å². The second kappa shape index (κ2) is 21.5. The van der Waals surface area contributed by atoms with Crippen LogP contribution in [-0.4, -0.2) is 80.2 Å². The highest BCUT2D eigenvalue weighted by Gasteiger charge is 2.40. The van der Waals surface area contributed by atoms with Crippen LogP contribution in [0.3, 0.4) is 0 Å². The van der Waals surface area contributed by atoms with Crippen LogP contribution in [0, 0.1) is 23.7 Å². The highest BCUT2D eigenvalue weighted by Crippen LogP contribution is 2.43. The molecule has 0 unspecified atom stereocenters. The fourth-order valence-corrected chi connectivity index (χ4v) is 7.63. The Bertz CT molecular complexity index is 1920. The third-order valence-electron chi connectivity index (χ3n) is 11.1. The van der Waals surface area contributed by atoms with Gasteiger partial charge in [-0.25, -0.2) is 4.79 Å². The van der Waals surface area contributed by atoms with E-state index in [2.05, 4.69) is 0 Å². The highest BCUT2D eigenvalue weighted by molar-refractivity contribution is 5.87. The lowest BCUT2D eigenvalue weighted by atomic mass is 9.84. The summed E-state index contributed by atoms with van der Waals surface area (Å²) in [5.41, 5.74) is 4.98.